The molecular formula is C26H32N6O. The highest BCUT2D eigenvalue weighted by Gasteiger charge is 2.23. The van der Waals surface area contributed by atoms with Gasteiger partial charge in [0, 0.05) is 38.6 Å². The molecular weight excluding hydrogens is 412 g/mol. The summed E-state index contributed by atoms with van der Waals surface area (Å²) in [7, 11) is 0. The van der Waals surface area contributed by atoms with Crippen LogP contribution in [0.4, 0.5) is 17.2 Å². The third kappa shape index (κ3) is 5.13. The molecule has 1 amide bonds. The van der Waals surface area contributed by atoms with Gasteiger partial charge in [-0.3, -0.25) is 9.78 Å². The van der Waals surface area contributed by atoms with Crippen molar-refractivity contribution in [1.82, 2.24) is 15.0 Å². The van der Waals surface area contributed by atoms with Gasteiger partial charge in [-0.2, -0.15) is 0 Å². The lowest BCUT2D eigenvalue weighted by molar-refractivity contribution is 0.102. The Morgan fingerprint density at radius 2 is 1.67 bits per heavy atom. The van der Waals surface area contributed by atoms with Gasteiger partial charge in [-0.1, -0.05) is 33.8 Å². The fourth-order valence-corrected chi connectivity index (χ4v) is 4.18. The molecule has 1 aliphatic heterocycles. The number of hydrogen-bond acceptors (Lipinski definition) is 6. The molecule has 0 unspecified atom stereocenters. The van der Waals surface area contributed by atoms with E-state index in [1.54, 1.807) is 18.7 Å². The lowest BCUT2D eigenvalue weighted by Crippen LogP contribution is -2.47. The number of nitrogens with one attached hydrogen (secondary N) is 1. The number of carbonyl (C=O) groups excluding carboxylic acids is 1. The molecule has 7 heteroatoms. The maximum Gasteiger partial charge on any atom is 0.257 e. The normalized spacial score (nSPS) is 14.1. The average molecular weight is 445 g/mol. The van der Waals surface area contributed by atoms with Crippen molar-refractivity contribution in [1.29, 1.82) is 0 Å². The molecule has 0 spiro atoms. The van der Waals surface area contributed by atoms with E-state index in [0.717, 1.165) is 49.1 Å². The number of anilines is 3. The Kier molecular flexibility index (Phi) is 6.87. The summed E-state index contributed by atoms with van der Waals surface area (Å²) in [5.41, 5.74) is 4.59. The summed E-state index contributed by atoms with van der Waals surface area (Å²) in [6, 6.07) is 12.0. The first-order chi connectivity index (χ1) is 15.9. The number of hydrogen-bond donors (Lipinski definition) is 1. The van der Waals surface area contributed by atoms with E-state index in [1.165, 1.54) is 5.56 Å². The summed E-state index contributed by atoms with van der Waals surface area (Å²) in [5, 5.41) is 3.17. The number of rotatable bonds is 6. The third-order valence-corrected chi connectivity index (χ3v) is 6.08. The van der Waals surface area contributed by atoms with Gasteiger partial charge >= 0.3 is 0 Å². The maximum atomic E-state index is 13.2. The summed E-state index contributed by atoms with van der Waals surface area (Å²) < 4.78 is 0. The maximum absolute atomic E-state index is 13.2. The first-order valence-electron chi connectivity index (χ1n) is 11.6. The average Bonchev–Trinajstić information content (AvgIpc) is 2.84. The van der Waals surface area contributed by atoms with Crippen LogP contribution in [0, 0.1) is 0 Å². The second kappa shape index (κ2) is 9.98. The highest BCUT2D eigenvalue weighted by Crippen LogP contribution is 2.32. The van der Waals surface area contributed by atoms with Gasteiger partial charge in [0.2, 0.25) is 0 Å². The Bertz CT molecular complexity index is 1090. The molecule has 172 valence electrons. The Hall–Kier alpha value is -3.48. The zero-order valence-electron chi connectivity index (χ0n) is 19.8. The van der Waals surface area contributed by atoms with E-state index in [4.69, 9.17) is 0 Å². The number of nitrogens with zero attached hydrogens (tertiary/aromatic N) is 5. The van der Waals surface area contributed by atoms with Gasteiger partial charge in [0.15, 0.2) is 0 Å². The lowest BCUT2D eigenvalue weighted by atomic mass is 10.0. The van der Waals surface area contributed by atoms with E-state index in [9.17, 15) is 4.79 Å². The SMILES string of the molecule is CC(C)c1ccc(NC(=O)c2cccnc2C(C)C)c(N2CCN(c3ccncn3)CC2)c1. The van der Waals surface area contributed by atoms with Gasteiger partial charge in [0.1, 0.15) is 12.1 Å². The number of benzene rings is 1. The molecule has 2 aromatic heterocycles. The molecule has 1 N–H and O–H groups in total. The van der Waals surface area contributed by atoms with Crippen LogP contribution < -0.4 is 15.1 Å². The van der Waals surface area contributed by atoms with E-state index in [1.807, 2.05) is 24.3 Å². The molecule has 7 nitrogen and oxygen atoms in total. The van der Waals surface area contributed by atoms with E-state index < -0.39 is 0 Å². The zero-order chi connectivity index (χ0) is 23.4. The molecule has 0 saturated carbocycles. The van der Waals surface area contributed by atoms with Crippen molar-refractivity contribution in [3.8, 4) is 0 Å². The number of carbonyl (C=O) groups is 1. The monoisotopic (exact) mass is 444 g/mol. The summed E-state index contributed by atoms with van der Waals surface area (Å²) in [6.45, 7) is 11.9. The predicted octanol–water partition coefficient (Wildman–Crippen LogP) is 4.70. The molecule has 3 heterocycles. The van der Waals surface area contributed by atoms with Crippen molar-refractivity contribution < 1.29 is 4.79 Å². The van der Waals surface area contributed by atoms with E-state index in [-0.39, 0.29) is 11.8 Å². The molecule has 1 saturated heterocycles. The summed E-state index contributed by atoms with van der Waals surface area (Å²) in [4.78, 5) is 30.7. The van der Waals surface area contributed by atoms with Crippen LogP contribution in [0.15, 0.2) is 55.1 Å². The molecule has 0 atom stereocenters. The highest BCUT2D eigenvalue weighted by molar-refractivity contribution is 6.06. The number of piperazine rings is 1. The largest absolute Gasteiger partial charge is 0.366 e. The molecule has 0 aliphatic carbocycles. The van der Waals surface area contributed by atoms with Crippen LogP contribution in [-0.2, 0) is 0 Å². The fourth-order valence-electron chi connectivity index (χ4n) is 4.18. The van der Waals surface area contributed by atoms with Crippen LogP contribution >= 0.6 is 0 Å². The zero-order valence-corrected chi connectivity index (χ0v) is 19.8. The van der Waals surface area contributed by atoms with Gasteiger partial charge in [0.25, 0.3) is 5.91 Å². The van der Waals surface area contributed by atoms with Gasteiger partial charge in [0.05, 0.1) is 22.6 Å². The minimum atomic E-state index is -0.120. The minimum Gasteiger partial charge on any atom is -0.366 e. The van der Waals surface area contributed by atoms with Crippen molar-refractivity contribution in [3.05, 3.63) is 71.9 Å². The lowest BCUT2D eigenvalue weighted by Gasteiger charge is -2.37. The number of aromatic nitrogens is 3. The van der Waals surface area contributed by atoms with Crippen LogP contribution in [-0.4, -0.2) is 47.0 Å². The van der Waals surface area contributed by atoms with Crippen LogP contribution in [0.2, 0.25) is 0 Å². The van der Waals surface area contributed by atoms with Crippen molar-refractivity contribution >= 4 is 23.1 Å². The van der Waals surface area contributed by atoms with Gasteiger partial charge in [-0.25, -0.2) is 9.97 Å². The quantitative estimate of drug-likeness (QED) is 0.594. The predicted molar refractivity (Wildman–Crippen MR) is 133 cm³/mol. The Labute approximate surface area is 195 Å². The molecule has 3 aromatic rings. The Morgan fingerprint density at radius 1 is 0.909 bits per heavy atom. The van der Waals surface area contributed by atoms with E-state index in [0.29, 0.717) is 11.5 Å². The summed E-state index contributed by atoms with van der Waals surface area (Å²) >= 11 is 0. The van der Waals surface area contributed by atoms with Crippen molar-refractivity contribution in [2.45, 2.75) is 39.5 Å². The Balaban J connectivity index is 1.58. The van der Waals surface area contributed by atoms with Crippen molar-refractivity contribution in [2.24, 2.45) is 0 Å². The number of pyridine rings is 1. The summed E-state index contributed by atoms with van der Waals surface area (Å²) in [5.74, 6) is 1.41. The Morgan fingerprint density at radius 3 is 2.33 bits per heavy atom. The molecule has 1 aliphatic rings. The van der Waals surface area contributed by atoms with Crippen LogP contribution in [0.3, 0.4) is 0 Å². The van der Waals surface area contributed by atoms with E-state index in [2.05, 4.69) is 69.9 Å². The first-order valence-corrected chi connectivity index (χ1v) is 11.6. The summed E-state index contributed by atoms with van der Waals surface area (Å²) in [6.07, 6.45) is 5.11. The molecule has 33 heavy (non-hydrogen) atoms. The van der Waals surface area contributed by atoms with Gasteiger partial charge in [-0.15, -0.1) is 0 Å². The smallest absolute Gasteiger partial charge is 0.257 e. The third-order valence-electron chi connectivity index (χ3n) is 6.08. The van der Waals surface area contributed by atoms with Crippen LogP contribution in [0.1, 0.15) is 61.1 Å². The standard InChI is InChI=1S/C26H32N6O/c1-18(2)20-7-8-22(30-26(33)21-6-5-10-28-25(21)19(3)4)23(16-20)31-12-14-32(15-13-31)24-9-11-27-17-29-24/h5-11,16-19H,12-15H2,1-4H3,(H,30,33). The second-order valence-corrected chi connectivity index (χ2v) is 9.02. The van der Waals surface area contributed by atoms with Gasteiger partial charge < -0.3 is 15.1 Å². The van der Waals surface area contributed by atoms with Crippen molar-refractivity contribution in [3.63, 3.8) is 0 Å². The van der Waals surface area contributed by atoms with Gasteiger partial charge in [-0.05, 0) is 47.7 Å². The van der Waals surface area contributed by atoms with Crippen molar-refractivity contribution in [2.75, 3.05) is 41.3 Å². The first kappa shape index (κ1) is 22.7. The molecule has 1 fully saturated rings. The highest BCUT2D eigenvalue weighted by atomic mass is 16.1. The second-order valence-electron chi connectivity index (χ2n) is 9.02. The number of amides is 1. The fraction of sp³-hybridized carbons (Fsp3) is 0.385. The van der Waals surface area contributed by atoms with Crippen LogP contribution in [0.5, 0.6) is 0 Å². The molecule has 0 radical (unpaired) electrons. The molecule has 4 rings (SSSR count). The minimum absolute atomic E-state index is 0.120. The molecule has 1 aromatic carbocycles. The molecule has 0 bridgehead atoms. The topological polar surface area (TPSA) is 74.2 Å². The van der Waals surface area contributed by atoms with E-state index >= 15 is 0 Å². The van der Waals surface area contributed by atoms with Crippen LogP contribution in [0.25, 0.3) is 0 Å².